The Morgan fingerprint density at radius 3 is 2.28 bits per heavy atom. The van der Waals surface area contributed by atoms with E-state index in [0.717, 1.165) is 6.42 Å². The lowest BCUT2D eigenvalue weighted by atomic mass is 10.2. The first kappa shape index (κ1) is 14.5. The number of carboxylic acid groups (broad SMARTS) is 1. The van der Waals surface area contributed by atoms with Crippen molar-refractivity contribution < 1.29 is 19.5 Å². The van der Waals surface area contributed by atoms with Gasteiger partial charge in [0.25, 0.3) is 0 Å². The number of hydrogen-bond acceptors (Lipinski definition) is 3. The number of nitrogens with one attached hydrogen (secondary N) is 2. The summed E-state index contributed by atoms with van der Waals surface area (Å²) < 4.78 is 0. The summed E-state index contributed by atoms with van der Waals surface area (Å²) in [5.74, 6) is -1.24. The van der Waals surface area contributed by atoms with E-state index in [9.17, 15) is 14.4 Å². The lowest BCUT2D eigenvalue weighted by Gasteiger charge is -2.07. The van der Waals surface area contributed by atoms with E-state index in [0.29, 0.717) is 12.8 Å². The Hall–Kier alpha value is -1.59. The molecule has 102 valence electrons. The van der Waals surface area contributed by atoms with Crippen LogP contribution in [0.1, 0.15) is 46.0 Å². The third-order valence-corrected chi connectivity index (χ3v) is 3.12. The largest absolute Gasteiger partial charge is 0.481 e. The maximum Gasteiger partial charge on any atom is 0.321 e. The van der Waals surface area contributed by atoms with Crippen molar-refractivity contribution in [1.29, 1.82) is 0 Å². The molecule has 1 aliphatic carbocycles. The van der Waals surface area contributed by atoms with Crippen molar-refractivity contribution >= 4 is 17.9 Å². The molecular weight excluding hydrogens is 236 g/mol. The molecule has 0 aliphatic heterocycles. The molecule has 1 rings (SSSR count). The van der Waals surface area contributed by atoms with E-state index >= 15 is 0 Å². The van der Waals surface area contributed by atoms with Crippen molar-refractivity contribution in [2.24, 2.45) is 5.41 Å². The highest BCUT2D eigenvalue weighted by molar-refractivity contribution is 5.94. The van der Waals surface area contributed by atoms with Gasteiger partial charge in [-0.1, -0.05) is 13.8 Å². The van der Waals surface area contributed by atoms with E-state index in [1.807, 2.05) is 13.8 Å². The van der Waals surface area contributed by atoms with Gasteiger partial charge in [-0.05, 0) is 24.7 Å². The summed E-state index contributed by atoms with van der Waals surface area (Å²) in [5.41, 5.74) is 0.127. The van der Waals surface area contributed by atoms with Gasteiger partial charge in [-0.25, -0.2) is 4.79 Å². The Morgan fingerprint density at radius 1 is 1.22 bits per heavy atom. The standard InChI is InChI=1S/C12H20N2O4/c1-12(2)7-8(12)13-11(18)14-9(15)5-3-4-6-10(16)17/h8H,3-7H2,1-2H3,(H,16,17)(H2,13,14,15,18). The Labute approximate surface area is 106 Å². The van der Waals surface area contributed by atoms with E-state index in [2.05, 4.69) is 10.6 Å². The second-order valence-electron chi connectivity index (χ2n) is 5.37. The summed E-state index contributed by atoms with van der Waals surface area (Å²) in [6.45, 7) is 4.09. The van der Waals surface area contributed by atoms with Gasteiger partial charge in [-0.2, -0.15) is 0 Å². The summed E-state index contributed by atoms with van der Waals surface area (Å²) in [5, 5.41) is 13.4. The van der Waals surface area contributed by atoms with Crippen LogP contribution in [0.3, 0.4) is 0 Å². The molecule has 1 unspecified atom stereocenters. The molecule has 0 aromatic rings. The topological polar surface area (TPSA) is 95.5 Å². The highest BCUT2D eigenvalue weighted by Crippen LogP contribution is 2.44. The van der Waals surface area contributed by atoms with Crippen LogP contribution >= 0.6 is 0 Å². The van der Waals surface area contributed by atoms with Gasteiger partial charge in [0.1, 0.15) is 0 Å². The Balaban J connectivity index is 2.09. The molecule has 1 fully saturated rings. The molecular formula is C12H20N2O4. The maximum atomic E-state index is 11.4. The summed E-state index contributed by atoms with van der Waals surface area (Å²) in [6, 6.07) is -0.328. The van der Waals surface area contributed by atoms with Gasteiger partial charge in [0.15, 0.2) is 0 Å². The van der Waals surface area contributed by atoms with E-state index in [1.54, 1.807) is 0 Å². The average Bonchev–Trinajstić information content (AvgIpc) is 2.80. The zero-order valence-electron chi connectivity index (χ0n) is 10.8. The molecule has 3 N–H and O–H groups in total. The molecule has 1 saturated carbocycles. The molecule has 0 aromatic heterocycles. The number of hydrogen-bond donors (Lipinski definition) is 3. The third kappa shape index (κ3) is 5.16. The molecule has 0 saturated heterocycles. The zero-order valence-corrected chi connectivity index (χ0v) is 10.8. The summed E-state index contributed by atoms with van der Waals surface area (Å²) in [4.78, 5) is 33.0. The second kappa shape index (κ2) is 5.84. The first-order chi connectivity index (χ1) is 8.31. The molecule has 3 amide bonds. The molecule has 0 bridgehead atoms. The van der Waals surface area contributed by atoms with Crippen LogP contribution in [0.5, 0.6) is 0 Å². The maximum absolute atomic E-state index is 11.4. The van der Waals surface area contributed by atoms with Gasteiger partial charge >= 0.3 is 12.0 Å². The quantitative estimate of drug-likeness (QED) is 0.623. The van der Waals surface area contributed by atoms with Gasteiger partial charge in [0.05, 0.1) is 0 Å². The molecule has 0 heterocycles. The molecule has 18 heavy (non-hydrogen) atoms. The monoisotopic (exact) mass is 256 g/mol. The van der Waals surface area contributed by atoms with Crippen LogP contribution in [-0.4, -0.2) is 29.1 Å². The predicted molar refractivity (Wildman–Crippen MR) is 65.0 cm³/mol. The Bertz CT molecular complexity index is 352. The van der Waals surface area contributed by atoms with Crippen molar-refractivity contribution in [3.8, 4) is 0 Å². The lowest BCUT2D eigenvalue weighted by molar-refractivity contribution is -0.137. The lowest BCUT2D eigenvalue weighted by Crippen LogP contribution is -2.41. The molecule has 6 heteroatoms. The SMILES string of the molecule is CC1(C)CC1NC(=O)NC(=O)CCCCC(=O)O. The molecule has 6 nitrogen and oxygen atoms in total. The average molecular weight is 256 g/mol. The normalized spacial score (nSPS) is 20.0. The van der Waals surface area contributed by atoms with Gasteiger partial charge in [0.2, 0.25) is 5.91 Å². The summed E-state index contributed by atoms with van der Waals surface area (Å²) in [6.07, 6.45) is 2.07. The van der Waals surface area contributed by atoms with Crippen LogP contribution in [0.25, 0.3) is 0 Å². The van der Waals surface area contributed by atoms with Crippen LogP contribution in [0.2, 0.25) is 0 Å². The number of carbonyl (C=O) groups is 3. The predicted octanol–water partition coefficient (Wildman–Crippen LogP) is 1.26. The first-order valence-corrected chi connectivity index (χ1v) is 6.13. The van der Waals surface area contributed by atoms with Crippen molar-refractivity contribution in [1.82, 2.24) is 10.6 Å². The van der Waals surface area contributed by atoms with Gasteiger partial charge in [-0.3, -0.25) is 14.9 Å². The number of carboxylic acids is 1. The molecule has 0 spiro atoms. The molecule has 1 aliphatic rings. The van der Waals surface area contributed by atoms with Gasteiger partial charge < -0.3 is 10.4 Å². The minimum Gasteiger partial charge on any atom is -0.481 e. The molecule has 1 atom stereocenters. The summed E-state index contributed by atoms with van der Waals surface area (Å²) >= 11 is 0. The number of rotatable bonds is 6. The summed E-state index contributed by atoms with van der Waals surface area (Å²) in [7, 11) is 0. The van der Waals surface area contributed by atoms with Crippen LogP contribution in [0.15, 0.2) is 0 Å². The fourth-order valence-corrected chi connectivity index (χ4v) is 1.66. The molecule has 0 radical (unpaired) electrons. The third-order valence-electron chi connectivity index (χ3n) is 3.12. The number of aliphatic carboxylic acids is 1. The molecule has 0 aromatic carbocycles. The number of urea groups is 1. The van der Waals surface area contributed by atoms with Gasteiger partial charge in [0, 0.05) is 18.9 Å². The van der Waals surface area contributed by atoms with Crippen molar-refractivity contribution in [3.05, 3.63) is 0 Å². The highest BCUT2D eigenvalue weighted by Gasteiger charge is 2.46. The number of imide groups is 1. The van der Waals surface area contributed by atoms with Crippen LogP contribution in [-0.2, 0) is 9.59 Å². The van der Waals surface area contributed by atoms with Crippen molar-refractivity contribution in [2.45, 2.75) is 52.0 Å². The minimum absolute atomic E-state index is 0.0513. The smallest absolute Gasteiger partial charge is 0.321 e. The fraction of sp³-hybridized carbons (Fsp3) is 0.750. The number of unbranched alkanes of at least 4 members (excludes halogenated alkanes) is 1. The van der Waals surface area contributed by atoms with Crippen LogP contribution < -0.4 is 10.6 Å². The fourth-order valence-electron chi connectivity index (χ4n) is 1.66. The highest BCUT2D eigenvalue weighted by atomic mass is 16.4. The first-order valence-electron chi connectivity index (χ1n) is 6.13. The van der Waals surface area contributed by atoms with Gasteiger partial charge in [-0.15, -0.1) is 0 Å². The zero-order chi connectivity index (χ0) is 13.8. The Kier molecular flexibility index (Phi) is 4.69. The van der Waals surface area contributed by atoms with E-state index in [4.69, 9.17) is 5.11 Å². The van der Waals surface area contributed by atoms with E-state index in [1.165, 1.54) is 0 Å². The number of amides is 3. The minimum atomic E-state index is -0.871. The van der Waals surface area contributed by atoms with E-state index in [-0.39, 0.29) is 30.2 Å². The Morgan fingerprint density at radius 2 is 1.78 bits per heavy atom. The number of carbonyl (C=O) groups excluding carboxylic acids is 2. The van der Waals surface area contributed by atoms with Crippen molar-refractivity contribution in [2.75, 3.05) is 0 Å². The second-order valence-corrected chi connectivity index (χ2v) is 5.37. The van der Waals surface area contributed by atoms with E-state index < -0.39 is 12.0 Å². The van der Waals surface area contributed by atoms with Crippen LogP contribution in [0, 0.1) is 5.41 Å². The van der Waals surface area contributed by atoms with Crippen molar-refractivity contribution in [3.63, 3.8) is 0 Å². The van der Waals surface area contributed by atoms with Crippen LogP contribution in [0.4, 0.5) is 4.79 Å².